The fraction of sp³-hybridized carbons (Fsp3) is 1.00. The highest BCUT2D eigenvalue weighted by Crippen LogP contribution is 2.17. The van der Waals surface area contributed by atoms with Gasteiger partial charge in [-0.15, -0.1) is 0 Å². The molecule has 1 aliphatic rings. The molecule has 1 fully saturated rings. The molecule has 3 heteroatoms. The van der Waals surface area contributed by atoms with Crippen LogP contribution in [0.2, 0.25) is 0 Å². The molecule has 72 valence electrons. The van der Waals surface area contributed by atoms with Crippen molar-refractivity contribution in [3.8, 4) is 0 Å². The average molecular weight is 173 g/mol. The standard InChI is InChI=1S/C9H19NO2/c1-10-9(7-11-2)8-4-3-5-12-6-8/h8-10H,3-7H2,1-2H3. The van der Waals surface area contributed by atoms with Crippen LogP contribution in [0.25, 0.3) is 0 Å². The van der Waals surface area contributed by atoms with Gasteiger partial charge >= 0.3 is 0 Å². The third-order valence-electron chi connectivity index (χ3n) is 2.48. The Kier molecular flexibility index (Phi) is 4.58. The van der Waals surface area contributed by atoms with Crippen molar-refractivity contribution in [3.63, 3.8) is 0 Å². The lowest BCUT2D eigenvalue weighted by Gasteiger charge is -2.29. The van der Waals surface area contributed by atoms with Gasteiger partial charge in [-0.3, -0.25) is 0 Å². The van der Waals surface area contributed by atoms with Crippen molar-refractivity contribution >= 4 is 0 Å². The van der Waals surface area contributed by atoms with Crippen LogP contribution in [-0.4, -0.2) is 40.0 Å². The minimum absolute atomic E-state index is 0.454. The number of ether oxygens (including phenoxy) is 2. The van der Waals surface area contributed by atoms with Gasteiger partial charge in [-0.05, 0) is 25.8 Å². The number of likely N-dealkylation sites (N-methyl/N-ethyl adjacent to an activating group) is 1. The quantitative estimate of drug-likeness (QED) is 0.677. The van der Waals surface area contributed by atoms with Gasteiger partial charge < -0.3 is 14.8 Å². The van der Waals surface area contributed by atoms with Crippen molar-refractivity contribution in [2.45, 2.75) is 18.9 Å². The van der Waals surface area contributed by atoms with Crippen LogP contribution in [0.1, 0.15) is 12.8 Å². The summed E-state index contributed by atoms with van der Waals surface area (Å²) in [5.41, 5.74) is 0. The summed E-state index contributed by atoms with van der Waals surface area (Å²) in [4.78, 5) is 0. The molecule has 0 aromatic heterocycles. The highest BCUT2D eigenvalue weighted by atomic mass is 16.5. The summed E-state index contributed by atoms with van der Waals surface area (Å²) in [6.07, 6.45) is 2.45. The van der Waals surface area contributed by atoms with Crippen molar-refractivity contribution in [2.75, 3.05) is 34.0 Å². The summed E-state index contributed by atoms with van der Waals surface area (Å²) in [5.74, 6) is 0.628. The van der Waals surface area contributed by atoms with Crippen molar-refractivity contribution in [1.29, 1.82) is 0 Å². The summed E-state index contributed by atoms with van der Waals surface area (Å²) in [6.45, 7) is 2.60. The lowest BCUT2D eigenvalue weighted by Crippen LogP contribution is -2.41. The van der Waals surface area contributed by atoms with Gasteiger partial charge in [0.2, 0.25) is 0 Å². The minimum atomic E-state index is 0.454. The normalized spacial score (nSPS) is 27.0. The Balaban J connectivity index is 2.29. The Morgan fingerprint density at radius 2 is 2.50 bits per heavy atom. The van der Waals surface area contributed by atoms with Gasteiger partial charge in [-0.25, -0.2) is 0 Å². The molecule has 0 spiro atoms. The molecular weight excluding hydrogens is 154 g/mol. The fourth-order valence-corrected chi connectivity index (χ4v) is 1.72. The fourth-order valence-electron chi connectivity index (χ4n) is 1.72. The molecule has 1 saturated heterocycles. The monoisotopic (exact) mass is 173 g/mol. The van der Waals surface area contributed by atoms with Crippen LogP contribution in [0.5, 0.6) is 0 Å². The first-order valence-electron chi connectivity index (χ1n) is 4.62. The smallest absolute Gasteiger partial charge is 0.0619 e. The van der Waals surface area contributed by atoms with Crippen molar-refractivity contribution < 1.29 is 9.47 Å². The van der Waals surface area contributed by atoms with Gasteiger partial charge in [-0.1, -0.05) is 0 Å². The van der Waals surface area contributed by atoms with E-state index in [1.165, 1.54) is 12.8 Å². The molecule has 1 heterocycles. The predicted octanol–water partition coefficient (Wildman–Crippen LogP) is 0.647. The van der Waals surface area contributed by atoms with Crippen LogP contribution in [-0.2, 0) is 9.47 Å². The highest BCUT2D eigenvalue weighted by Gasteiger charge is 2.22. The van der Waals surface area contributed by atoms with E-state index < -0.39 is 0 Å². The van der Waals surface area contributed by atoms with E-state index in [4.69, 9.17) is 9.47 Å². The third-order valence-corrected chi connectivity index (χ3v) is 2.48. The predicted molar refractivity (Wildman–Crippen MR) is 48.3 cm³/mol. The van der Waals surface area contributed by atoms with Gasteiger partial charge in [0.25, 0.3) is 0 Å². The SMILES string of the molecule is CNC(COC)C1CCCOC1. The maximum absolute atomic E-state index is 5.42. The first-order valence-corrected chi connectivity index (χ1v) is 4.62. The van der Waals surface area contributed by atoms with Crippen LogP contribution in [0.15, 0.2) is 0 Å². The number of nitrogens with one attached hydrogen (secondary N) is 1. The van der Waals surface area contributed by atoms with E-state index in [9.17, 15) is 0 Å². The average Bonchev–Trinajstić information content (AvgIpc) is 2.15. The highest BCUT2D eigenvalue weighted by molar-refractivity contribution is 4.76. The Morgan fingerprint density at radius 1 is 1.67 bits per heavy atom. The summed E-state index contributed by atoms with van der Waals surface area (Å²) in [5, 5.41) is 3.27. The van der Waals surface area contributed by atoms with E-state index in [2.05, 4.69) is 5.32 Å². The van der Waals surface area contributed by atoms with Crippen molar-refractivity contribution in [3.05, 3.63) is 0 Å². The Hall–Kier alpha value is -0.120. The summed E-state index contributed by atoms with van der Waals surface area (Å²) < 4.78 is 10.5. The first-order chi connectivity index (χ1) is 5.88. The molecule has 2 atom stereocenters. The maximum Gasteiger partial charge on any atom is 0.0619 e. The van der Waals surface area contributed by atoms with Crippen LogP contribution in [0.3, 0.4) is 0 Å². The Morgan fingerprint density at radius 3 is 3.00 bits per heavy atom. The van der Waals surface area contributed by atoms with Gasteiger partial charge in [0.1, 0.15) is 0 Å². The molecule has 0 amide bonds. The zero-order valence-electron chi connectivity index (χ0n) is 8.01. The zero-order chi connectivity index (χ0) is 8.81. The van der Waals surface area contributed by atoms with E-state index in [1.54, 1.807) is 7.11 Å². The van der Waals surface area contributed by atoms with Crippen molar-refractivity contribution in [2.24, 2.45) is 5.92 Å². The van der Waals surface area contributed by atoms with Crippen molar-refractivity contribution in [1.82, 2.24) is 5.32 Å². The molecule has 12 heavy (non-hydrogen) atoms. The van der Waals surface area contributed by atoms with E-state index in [-0.39, 0.29) is 0 Å². The lowest BCUT2D eigenvalue weighted by atomic mass is 9.94. The molecule has 0 saturated carbocycles. The third kappa shape index (κ3) is 2.73. The number of methoxy groups -OCH3 is 1. The summed E-state index contributed by atoms with van der Waals surface area (Å²) in [7, 11) is 3.73. The summed E-state index contributed by atoms with van der Waals surface area (Å²) in [6, 6.07) is 0.454. The minimum Gasteiger partial charge on any atom is -0.383 e. The molecule has 2 unspecified atom stereocenters. The van der Waals surface area contributed by atoms with Gasteiger partial charge in [0.15, 0.2) is 0 Å². The number of rotatable bonds is 4. The zero-order valence-corrected chi connectivity index (χ0v) is 8.01. The van der Waals surface area contributed by atoms with Crippen LogP contribution in [0.4, 0.5) is 0 Å². The molecular formula is C9H19NO2. The second kappa shape index (κ2) is 5.51. The van der Waals surface area contributed by atoms with E-state index in [1.807, 2.05) is 7.05 Å². The molecule has 0 aliphatic carbocycles. The van der Waals surface area contributed by atoms with E-state index in [0.717, 1.165) is 19.8 Å². The first kappa shape index (κ1) is 9.96. The van der Waals surface area contributed by atoms with E-state index in [0.29, 0.717) is 12.0 Å². The van der Waals surface area contributed by atoms with Crippen LogP contribution in [0, 0.1) is 5.92 Å². The molecule has 1 aliphatic heterocycles. The lowest BCUT2D eigenvalue weighted by molar-refractivity contribution is 0.0240. The summed E-state index contributed by atoms with van der Waals surface area (Å²) >= 11 is 0. The molecule has 0 radical (unpaired) electrons. The molecule has 0 aromatic rings. The molecule has 3 nitrogen and oxygen atoms in total. The molecule has 1 N–H and O–H groups in total. The second-order valence-electron chi connectivity index (χ2n) is 3.33. The molecule has 1 rings (SSSR count). The van der Waals surface area contributed by atoms with E-state index >= 15 is 0 Å². The molecule has 0 aromatic carbocycles. The molecule has 0 bridgehead atoms. The maximum atomic E-state index is 5.42. The van der Waals surface area contributed by atoms with Gasteiger partial charge in [0.05, 0.1) is 13.2 Å². The number of hydrogen-bond acceptors (Lipinski definition) is 3. The largest absolute Gasteiger partial charge is 0.383 e. The number of hydrogen-bond donors (Lipinski definition) is 1. The second-order valence-corrected chi connectivity index (χ2v) is 3.33. The Labute approximate surface area is 74.4 Å². The van der Waals surface area contributed by atoms with Crippen LogP contribution < -0.4 is 5.32 Å². The topological polar surface area (TPSA) is 30.5 Å². The van der Waals surface area contributed by atoms with Crippen LogP contribution >= 0.6 is 0 Å². The van der Waals surface area contributed by atoms with Gasteiger partial charge in [-0.2, -0.15) is 0 Å². The Bertz CT molecular complexity index is 110. The van der Waals surface area contributed by atoms with Gasteiger partial charge in [0, 0.05) is 19.8 Å².